The Morgan fingerprint density at radius 1 is 1.04 bits per heavy atom. The largest absolute Gasteiger partial charge is 0.496 e. The molecule has 12 heteroatoms. The Morgan fingerprint density at radius 2 is 1.73 bits per heavy atom. The number of benzene rings is 2. The summed E-state index contributed by atoms with van der Waals surface area (Å²) in [5.41, 5.74) is 5.84. The molecule has 0 aromatic heterocycles. The molecule has 3 saturated heterocycles. The second-order valence-corrected chi connectivity index (χ2v) is 13.0. The summed E-state index contributed by atoms with van der Waals surface area (Å²) >= 11 is 0. The van der Waals surface area contributed by atoms with Gasteiger partial charge in [0.05, 0.1) is 32.3 Å². The fourth-order valence-corrected chi connectivity index (χ4v) is 7.10. The number of piperidine rings is 1. The van der Waals surface area contributed by atoms with Gasteiger partial charge in [0.25, 0.3) is 0 Å². The maximum Gasteiger partial charge on any atom is 0.416 e. The molecule has 0 unspecified atom stereocenters. The van der Waals surface area contributed by atoms with Crippen molar-refractivity contribution in [1.82, 2.24) is 14.7 Å². The summed E-state index contributed by atoms with van der Waals surface area (Å²) in [5, 5.41) is 0. The van der Waals surface area contributed by atoms with Crippen molar-refractivity contribution in [2.24, 2.45) is 11.8 Å². The van der Waals surface area contributed by atoms with Gasteiger partial charge in [-0.3, -0.25) is 9.69 Å². The number of methoxy groups -OCH3 is 1. The van der Waals surface area contributed by atoms with Crippen LogP contribution < -0.4 is 15.2 Å². The predicted octanol–water partition coefficient (Wildman–Crippen LogP) is 5.18. The van der Waals surface area contributed by atoms with Crippen molar-refractivity contribution in [3.63, 3.8) is 0 Å². The molecular formula is C33H41F3N4O5. The van der Waals surface area contributed by atoms with Gasteiger partial charge in [0, 0.05) is 56.2 Å². The third kappa shape index (κ3) is 7.10. The van der Waals surface area contributed by atoms with E-state index in [1.165, 1.54) is 13.2 Å². The van der Waals surface area contributed by atoms with Gasteiger partial charge in [-0.2, -0.15) is 13.2 Å². The van der Waals surface area contributed by atoms with Gasteiger partial charge in [-0.05, 0) is 68.0 Å². The van der Waals surface area contributed by atoms with Crippen LogP contribution >= 0.6 is 0 Å². The van der Waals surface area contributed by atoms with E-state index in [0.717, 1.165) is 43.6 Å². The second-order valence-electron chi connectivity index (χ2n) is 13.0. The molecule has 3 heterocycles. The number of rotatable bonds is 8. The van der Waals surface area contributed by atoms with Crippen LogP contribution in [-0.4, -0.2) is 84.8 Å². The maximum atomic E-state index is 13.1. The monoisotopic (exact) mass is 630 g/mol. The van der Waals surface area contributed by atoms with Gasteiger partial charge in [0.2, 0.25) is 5.91 Å². The average molecular weight is 631 g/mol. The highest BCUT2D eigenvalue weighted by molar-refractivity contribution is 5.80. The number of nitrogen functional groups attached to an aromatic ring is 1. The van der Waals surface area contributed by atoms with Crippen LogP contribution in [0.1, 0.15) is 49.7 Å². The molecular weight excluding hydrogens is 589 g/mol. The van der Waals surface area contributed by atoms with Crippen LogP contribution in [0.2, 0.25) is 0 Å². The number of likely N-dealkylation sites (tertiary alicyclic amines) is 2. The molecule has 244 valence electrons. The van der Waals surface area contributed by atoms with Crippen LogP contribution in [0.4, 0.5) is 23.7 Å². The van der Waals surface area contributed by atoms with Crippen LogP contribution in [0.15, 0.2) is 42.5 Å². The summed E-state index contributed by atoms with van der Waals surface area (Å²) in [6.07, 6.45) is 0.0627. The standard InChI is InChI=1S/C33H41F3N4O5/c1-43-29-16-25(33(34,35)36)7-6-24(29)18-38-14-12-32(13-15-38)21-40(31(42)45-32)17-22-2-4-23(5-3-22)30(41)39-19-28(20-39)44-27-10-8-26(37)9-11-27/h6-11,16,22-23,28H,2-5,12-15,17-21,37H2,1H3/t22-,23-. The molecule has 2 aromatic rings. The zero-order chi connectivity index (χ0) is 31.8. The van der Waals surface area contributed by atoms with Crippen molar-refractivity contribution in [3.05, 3.63) is 53.6 Å². The highest BCUT2D eigenvalue weighted by atomic mass is 19.4. The summed E-state index contributed by atoms with van der Waals surface area (Å²) in [7, 11) is 1.38. The van der Waals surface area contributed by atoms with Gasteiger partial charge in [-0.15, -0.1) is 0 Å². The highest BCUT2D eigenvalue weighted by Gasteiger charge is 2.48. The smallest absolute Gasteiger partial charge is 0.416 e. The molecule has 4 aliphatic rings. The van der Waals surface area contributed by atoms with Crippen LogP contribution in [0, 0.1) is 11.8 Å². The number of carbonyl (C=O) groups is 2. The zero-order valence-electron chi connectivity index (χ0n) is 25.6. The van der Waals surface area contributed by atoms with Crippen molar-refractivity contribution < 1.29 is 37.0 Å². The van der Waals surface area contributed by atoms with E-state index < -0.39 is 17.3 Å². The van der Waals surface area contributed by atoms with Gasteiger partial charge in [0.1, 0.15) is 23.2 Å². The third-order valence-electron chi connectivity index (χ3n) is 9.83. The summed E-state index contributed by atoms with van der Waals surface area (Å²) in [4.78, 5) is 31.8. The number of nitrogens with zero attached hydrogens (tertiary/aromatic N) is 3. The Labute approximate surface area is 261 Å². The number of halogens is 3. The van der Waals surface area contributed by atoms with E-state index >= 15 is 0 Å². The van der Waals surface area contributed by atoms with Crippen LogP contribution in [0.5, 0.6) is 11.5 Å². The lowest BCUT2D eigenvalue weighted by Crippen LogP contribution is -2.57. The average Bonchev–Trinajstić information content (AvgIpc) is 3.30. The lowest BCUT2D eigenvalue weighted by molar-refractivity contribution is -0.146. The lowest BCUT2D eigenvalue weighted by atomic mass is 9.80. The first kappa shape index (κ1) is 31.3. The Kier molecular flexibility index (Phi) is 8.78. The molecule has 2 N–H and O–H groups in total. The Balaban J connectivity index is 0.924. The van der Waals surface area contributed by atoms with Gasteiger partial charge in [-0.25, -0.2) is 4.79 Å². The van der Waals surface area contributed by atoms with E-state index in [4.69, 9.17) is 19.9 Å². The Morgan fingerprint density at radius 3 is 2.38 bits per heavy atom. The Bertz CT molecular complexity index is 1370. The fraction of sp³-hybridized carbons (Fsp3) is 0.576. The molecule has 0 radical (unpaired) electrons. The number of alkyl halides is 3. The Hall–Kier alpha value is -3.67. The van der Waals surface area contributed by atoms with Gasteiger partial charge in [-0.1, -0.05) is 6.07 Å². The first-order chi connectivity index (χ1) is 21.5. The fourth-order valence-electron chi connectivity index (χ4n) is 7.10. The first-order valence-electron chi connectivity index (χ1n) is 15.8. The van der Waals surface area contributed by atoms with Gasteiger partial charge < -0.3 is 29.7 Å². The van der Waals surface area contributed by atoms with Crippen molar-refractivity contribution in [1.29, 1.82) is 0 Å². The SMILES string of the molecule is COc1cc(C(F)(F)F)ccc1CN1CCC2(CC1)CN(C[C@H]1CC[C@H](C(=O)N3CC(Oc4ccc(N)cc4)C3)CC1)C(=O)O2. The number of ether oxygens (including phenoxy) is 3. The molecule has 1 aliphatic carbocycles. The van der Waals surface area contributed by atoms with Crippen LogP contribution in [0.3, 0.4) is 0 Å². The number of hydrogen-bond acceptors (Lipinski definition) is 7. The van der Waals surface area contributed by atoms with Gasteiger partial charge >= 0.3 is 12.3 Å². The quantitative estimate of drug-likeness (QED) is 0.402. The molecule has 9 nitrogen and oxygen atoms in total. The van der Waals surface area contributed by atoms with Crippen molar-refractivity contribution in [3.8, 4) is 11.5 Å². The van der Waals surface area contributed by atoms with E-state index in [2.05, 4.69) is 4.90 Å². The maximum absolute atomic E-state index is 13.1. The van der Waals surface area contributed by atoms with E-state index in [9.17, 15) is 22.8 Å². The van der Waals surface area contributed by atoms with E-state index in [-0.39, 0.29) is 29.8 Å². The zero-order valence-corrected chi connectivity index (χ0v) is 25.6. The second kappa shape index (κ2) is 12.6. The summed E-state index contributed by atoms with van der Waals surface area (Å²) in [6, 6.07) is 10.9. The lowest BCUT2D eigenvalue weighted by Gasteiger charge is -2.42. The molecule has 1 spiro atoms. The molecule has 2 aromatic carbocycles. The number of anilines is 1. The van der Waals surface area contributed by atoms with E-state index in [1.54, 1.807) is 12.1 Å². The third-order valence-corrected chi connectivity index (χ3v) is 9.83. The van der Waals surface area contributed by atoms with E-state index in [1.807, 2.05) is 21.9 Å². The minimum absolute atomic E-state index is 0.00178. The number of hydrogen-bond donors (Lipinski definition) is 1. The first-order valence-corrected chi connectivity index (χ1v) is 15.8. The number of amides is 2. The van der Waals surface area contributed by atoms with E-state index in [0.29, 0.717) is 75.8 Å². The predicted molar refractivity (Wildman–Crippen MR) is 161 cm³/mol. The topological polar surface area (TPSA) is 97.6 Å². The highest BCUT2D eigenvalue weighted by Crippen LogP contribution is 2.38. The molecule has 3 aliphatic heterocycles. The molecule has 45 heavy (non-hydrogen) atoms. The van der Waals surface area contributed by atoms with Gasteiger partial charge in [0.15, 0.2) is 0 Å². The van der Waals surface area contributed by atoms with Crippen molar-refractivity contribution in [2.75, 3.05) is 52.1 Å². The number of carbonyl (C=O) groups excluding carboxylic acids is 2. The molecule has 4 fully saturated rings. The summed E-state index contributed by atoms with van der Waals surface area (Å²) in [6.45, 7) is 4.17. The summed E-state index contributed by atoms with van der Waals surface area (Å²) < 4.78 is 56.5. The minimum Gasteiger partial charge on any atom is -0.496 e. The molecule has 1 saturated carbocycles. The van der Waals surface area contributed by atoms with Crippen molar-refractivity contribution >= 4 is 17.7 Å². The molecule has 2 amide bonds. The molecule has 0 bridgehead atoms. The van der Waals surface area contributed by atoms with Crippen LogP contribution in [0.25, 0.3) is 0 Å². The minimum atomic E-state index is -4.42. The molecule has 6 rings (SSSR count). The molecule has 0 atom stereocenters. The van der Waals surface area contributed by atoms with Crippen LogP contribution in [-0.2, 0) is 22.3 Å². The number of nitrogens with two attached hydrogens (primary N) is 1. The van der Waals surface area contributed by atoms with Crippen molar-refractivity contribution in [2.45, 2.75) is 63.0 Å². The summed E-state index contributed by atoms with van der Waals surface area (Å²) in [5.74, 6) is 1.53. The normalized spacial score (nSPS) is 24.0.